The second-order valence-corrected chi connectivity index (χ2v) is 12.3. The highest BCUT2D eigenvalue weighted by Crippen LogP contribution is 2.32. The third-order valence-corrected chi connectivity index (χ3v) is 8.69. The summed E-state index contributed by atoms with van der Waals surface area (Å²) in [6.07, 6.45) is 0.283. The van der Waals surface area contributed by atoms with Crippen LogP contribution in [0.3, 0.4) is 0 Å². The predicted octanol–water partition coefficient (Wildman–Crippen LogP) is 4.63. The van der Waals surface area contributed by atoms with Gasteiger partial charge in [0.05, 0.1) is 31.9 Å². The summed E-state index contributed by atoms with van der Waals surface area (Å²) >= 11 is 0. The molecule has 0 aliphatic heterocycles. The van der Waals surface area contributed by atoms with Crippen molar-refractivity contribution in [2.24, 2.45) is 5.92 Å². The third-order valence-electron chi connectivity index (χ3n) is 6.92. The highest BCUT2D eigenvalue weighted by molar-refractivity contribution is 7.92. The van der Waals surface area contributed by atoms with Crippen molar-refractivity contribution in [2.75, 3.05) is 38.7 Å². The molecule has 44 heavy (non-hydrogen) atoms. The molecule has 0 aromatic heterocycles. The minimum atomic E-state index is -4.40. The summed E-state index contributed by atoms with van der Waals surface area (Å²) in [6, 6.07) is 15.0. The van der Waals surface area contributed by atoms with Gasteiger partial charge >= 0.3 is 0 Å². The van der Waals surface area contributed by atoms with Crippen molar-refractivity contribution in [2.45, 2.75) is 44.7 Å². The zero-order valence-electron chi connectivity index (χ0n) is 25.9. The van der Waals surface area contributed by atoms with Crippen LogP contribution in [0.5, 0.6) is 17.2 Å². The first-order chi connectivity index (χ1) is 20.9. The van der Waals surface area contributed by atoms with Crippen LogP contribution in [0.2, 0.25) is 0 Å². The number of hydrogen-bond acceptors (Lipinski definition) is 7. The van der Waals surface area contributed by atoms with E-state index < -0.39 is 34.3 Å². The van der Waals surface area contributed by atoms with Gasteiger partial charge in [0, 0.05) is 19.2 Å². The van der Waals surface area contributed by atoms with E-state index in [1.165, 1.54) is 49.5 Å². The minimum Gasteiger partial charge on any atom is -0.497 e. The molecule has 3 aromatic carbocycles. The van der Waals surface area contributed by atoms with Crippen molar-refractivity contribution in [1.82, 2.24) is 10.2 Å². The highest BCUT2D eigenvalue weighted by atomic mass is 32.2. The van der Waals surface area contributed by atoms with Gasteiger partial charge in [-0.15, -0.1) is 0 Å². The summed E-state index contributed by atoms with van der Waals surface area (Å²) in [7, 11) is -0.0551. The number of rotatable bonds is 15. The SMILES string of the molecule is CC[C@H](C(=O)NCC(C)C)N(Cc1ccc(OC)cc1)C(=O)CN(c1ccc(F)cc1)S(=O)(=O)c1ccc(OC)c(OC)c1. The molecule has 0 aliphatic rings. The molecule has 12 heteroatoms. The van der Waals surface area contributed by atoms with Gasteiger partial charge in [0.1, 0.15) is 24.2 Å². The second-order valence-electron chi connectivity index (χ2n) is 10.4. The smallest absolute Gasteiger partial charge is 0.264 e. The van der Waals surface area contributed by atoms with Gasteiger partial charge in [-0.2, -0.15) is 0 Å². The van der Waals surface area contributed by atoms with Crippen molar-refractivity contribution in [3.63, 3.8) is 0 Å². The van der Waals surface area contributed by atoms with Crippen LogP contribution >= 0.6 is 0 Å². The first-order valence-electron chi connectivity index (χ1n) is 14.2. The van der Waals surface area contributed by atoms with E-state index in [0.29, 0.717) is 23.6 Å². The molecule has 0 unspecified atom stereocenters. The van der Waals surface area contributed by atoms with Crippen LogP contribution in [0.15, 0.2) is 71.6 Å². The lowest BCUT2D eigenvalue weighted by molar-refractivity contribution is -0.140. The maximum atomic E-state index is 14.2. The Morgan fingerprint density at radius 3 is 2.07 bits per heavy atom. The molecule has 0 saturated heterocycles. The number of carbonyl (C=O) groups is 2. The molecule has 0 fully saturated rings. The molecule has 238 valence electrons. The number of ether oxygens (including phenoxy) is 3. The van der Waals surface area contributed by atoms with E-state index in [9.17, 15) is 22.4 Å². The lowest BCUT2D eigenvalue weighted by Gasteiger charge is -2.33. The number of hydrogen-bond donors (Lipinski definition) is 1. The minimum absolute atomic E-state index is 0.0318. The van der Waals surface area contributed by atoms with Crippen LogP contribution in [0, 0.1) is 11.7 Å². The Morgan fingerprint density at radius 1 is 0.886 bits per heavy atom. The van der Waals surface area contributed by atoms with Gasteiger partial charge in [0.25, 0.3) is 10.0 Å². The molecule has 0 radical (unpaired) electrons. The molecule has 3 rings (SSSR count). The summed E-state index contributed by atoms with van der Waals surface area (Å²) in [6.45, 7) is 5.49. The topological polar surface area (TPSA) is 114 Å². The fraction of sp³-hybridized carbons (Fsp3) is 0.375. The van der Waals surface area contributed by atoms with Crippen molar-refractivity contribution in [3.8, 4) is 17.2 Å². The molecule has 0 spiro atoms. The van der Waals surface area contributed by atoms with E-state index in [1.54, 1.807) is 38.3 Å². The maximum Gasteiger partial charge on any atom is 0.264 e. The predicted molar refractivity (Wildman–Crippen MR) is 166 cm³/mol. The molecule has 1 N–H and O–H groups in total. The van der Waals surface area contributed by atoms with Gasteiger partial charge < -0.3 is 24.4 Å². The molecule has 1 atom stereocenters. The summed E-state index contributed by atoms with van der Waals surface area (Å²) in [5.74, 6) is -0.246. The Labute approximate surface area is 258 Å². The number of benzene rings is 3. The zero-order valence-corrected chi connectivity index (χ0v) is 26.7. The lowest BCUT2D eigenvalue weighted by atomic mass is 10.1. The molecule has 0 saturated carbocycles. The average Bonchev–Trinajstić information content (AvgIpc) is 3.02. The van der Waals surface area contributed by atoms with Crippen molar-refractivity contribution < 1.29 is 36.6 Å². The number of sulfonamides is 1. The van der Waals surface area contributed by atoms with Gasteiger partial charge in [0.2, 0.25) is 11.8 Å². The number of nitrogens with one attached hydrogen (secondary N) is 1. The van der Waals surface area contributed by atoms with Crippen LogP contribution in [-0.2, 0) is 26.2 Å². The molecule has 0 aliphatic carbocycles. The largest absolute Gasteiger partial charge is 0.497 e. The number of anilines is 1. The Bertz CT molecular complexity index is 1510. The number of amides is 2. The molecular formula is C32H40FN3O7S. The van der Waals surface area contributed by atoms with E-state index in [1.807, 2.05) is 13.8 Å². The van der Waals surface area contributed by atoms with Gasteiger partial charge in [-0.25, -0.2) is 12.8 Å². The summed E-state index contributed by atoms with van der Waals surface area (Å²) in [5.41, 5.74) is 0.779. The van der Waals surface area contributed by atoms with E-state index >= 15 is 0 Å². The molecule has 0 heterocycles. The second kappa shape index (κ2) is 15.4. The molecule has 2 amide bonds. The van der Waals surface area contributed by atoms with Crippen LogP contribution in [0.4, 0.5) is 10.1 Å². The van der Waals surface area contributed by atoms with Crippen LogP contribution in [0.1, 0.15) is 32.8 Å². The monoisotopic (exact) mass is 629 g/mol. The van der Waals surface area contributed by atoms with E-state index in [0.717, 1.165) is 16.4 Å². The first kappa shape index (κ1) is 34.2. The molecule has 10 nitrogen and oxygen atoms in total. The van der Waals surface area contributed by atoms with Crippen LogP contribution in [0.25, 0.3) is 0 Å². The normalized spacial score (nSPS) is 11.9. The number of methoxy groups -OCH3 is 3. The third kappa shape index (κ3) is 8.40. The van der Waals surface area contributed by atoms with Gasteiger partial charge in [-0.3, -0.25) is 13.9 Å². The fourth-order valence-corrected chi connectivity index (χ4v) is 5.94. The van der Waals surface area contributed by atoms with Crippen LogP contribution in [-0.4, -0.2) is 65.6 Å². The number of carbonyl (C=O) groups excluding carboxylic acids is 2. The Kier molecular flexibility index (Phi) is 12.0. The molecule has 0 bridgehead atoms. The summed E-state index contributed by atoms with van der Waals surface area (Å²) < 4.78 is 58.8. The highest BCUT2D eigenvalue weighted by Gasteiger charge is 2.34. The number of halogens is 1. The quantitative estimate of drug-likeness (QED) is 0.261. The van der Waals surface area contributed by atoms with Gasteiger partial charge in [-0.05, 0) is 66.4 Å². The van der Waals surface area contributed by atoms with E-state index in [4.69, 9.17) is 14.2 Å². The van der Waals surface area contributed by atoms with E-state index in [2.05, 4.69) is 5.32 Å². The summed E-state index contributed by atoms with van der Waals surface area (Å²) in [4.78, 5) is 28.7. The van der Waals surface area contributed by atoms with Gasteiger partial charge in [-0.1, -0.05) is 32.9 Å². The molecule has 3 aromatic rings. The Hall–Kier alpha value is -4.32. The lowest BCUT2D eigenvalue weighted by Crippen LogP contribution is -2.52. The van der Waals surface area contributed by atoms with Crippen molar-refractivity contribution >= 4 is 27.5 Å². The molecular weight excluding hydrogens is 589 g/mol. The van der Waals surface area contributed by atoms with Gasteiger partial charge in [0.15, 0.2) is 11.5 Å². The summed E-state index contributed by atoms with van der Waals surface area (Å²) in [5, 5.41) is 2.89. The fourth-order valence-electron chi connectivity index (χ4n) is 4.51. The van der Waals surface area contributed by atoms with Crippen molar-refractivity contribution in [3.05, 3.63) is 78.1 Å². The zero-order chi connectivity index (χ0) is 32.4. The maximum absolute atomic E-state index is 14.2. The standard InChI is InChI=1S/C32H40FN3O7S/c1-7-28(32(38)34-19-22(2)3)35(20-23-8-14-26(41-4)15-9-23)31(37)21-36(25-12-10-24(33)11-13-25)44(39,40)27-16-17-29(42-5)30(18-27)43-6/h8-18,22,28H,7,19-21H2,1-6H3,(H,34,38)/t28-/m1/s1. The van der Waals surface area contributed by atoms with Crippen molar-refractivity contribution in [1.29, 1.82) is 0 Å². The Balaban J connectivity index is 2.08. The number of nitrogens with zero attached hydrogens (tertiary/aromatic N) is 2. The average molecular weight is 630 g/mol. The van der Waals surface area contributed by atoms with Crippen LogP contribution < -0.4 is 23.8 Å². The Morgan fingerprint density at radius 2 is 1.52 bits per heavy atom. The first-order valence-corrected chi connectivity index (χ1v) is 15.6. The van der Waals surface area contributed by atoms with E-state index in [-0.39, 0.29) is 41.1 Å².